The number of carbonyl (C=O) groups excluding carboxylic acids is 2. The summed E-state index contributed by atoms with van der Waals surface area (Å²) in [7, 11) is 0. The zero-order valence-electron chi connectivity index (χ0n) is 15.3. The van der Waals surface area contributed by atoms with E-state index >= 15 is 0 Å². The highest BCUT2D eigenvalue weighted by molar-refractivity contribution is 5.71. The lowest BCUT2D eigenvalue weighted by molar-refractivity contribution is -0.148. The summed E-state index contributed by atoms with van der Waals surface area (Å²) in [4.78, 5) is 22.4. The topological polar surface area (TPSA) is 72.8 Å². The standard InChI is InChI=1S/C20H22O5/c1-14(21)24-18-8-7-16(9-11-19(3,4)23)13-17(18)10-12-20(5,6)25-15(2)22/h7-8,13,23H,1-6H3. The SMILES string of the molecule is CC(=O)Oc1ccc(C#CC(C)(C)O)cc1C#CC(C)(C)OC(C)=O. The number of esters is 2. The Hall–Kier alpha value is -2.76. The van der Waals surface area contributed by atoms with E-state index in [2.05, 4.69) is 23.7 Å². The Morgan fingerprint density at radius 3 is 2.16 bits per heavy atom. The molecule has 1 aromatic rings. The smallest absolute Gasteiger partial charge is 0.308 e. The molecule has 0 heterocycles. The van der Waals surface area contributed by atoms with Gasteiger partial charge in [0, 0.05) is 19.4 Å². The van der Waals surface area contributed by atoms with E-state index in [1.807, 2.05) is 0 Å². The van der Waals surface area contributed by atoms with Crippen LogP contribution in [0.5, 0.6) is 5.75 Å². The predicted molar refractivity (Wildman–Crippen MR) is 93.6 cm³/mol. The molecular formula is C20H22O5. The van der Waals surface area contributed by atoms with Crippen molar-refractivity contribution >= 4 is 11.9 Å². The molecule has 0 amide bonds. The number of aliphatic hydroxyl groups is 1. The lowest BCUT2D eigenvalue weighted by Crippen LogP contribution is -2.24. The average Bonchev–Trinajstić information content (AvgIpc) is 2.42. The summed E-state index contributed by atoms with van der Waals surface area (Å²) >= 11 is 0. The molecule has 25 heavy (non-hydrogen) atoms. The summed E-state index contributed by atoms with van der Waals surface area (Å²) in [5.41, 5.74) is -1.09. The largest absolute Gasteiger partial charge is 0.447 e. The summed E-state index contributed by atoms with van der Waals surface area (Å²) in [6.07, 6.45) is 0. The molecular weight excluding hydrogens is 320 g/mol. The van der Waals surface area contributed by atoms with E-state index in [4.69, 9.17) is 9.47 Å². The van der Waals surface area contributed by atoms with E-state index in [1.165, 1.54) is 13.8 Å². The number of hydrogen-bond donors (Lipinski definition) is 1. The lowest BCUT2D eigenvalue weighted by Gasteiger charge is -2.17. The Bertz CT molecular complexity index is 789. The molecule has 0 saturated heterocycles. The van der Waals surface area contributed by atoms with E-state index < -0.39 is 23.1 Å². The van der Waals surface area contributed by atoms with Crippen LogP contribution in [0.3, 0.4) is 0 Å². The Kier molecular flexibility index (Phi) is 6.39. The van der Waals surface area contributed by atoms with Crippen LogP contribution in [0, 0.1) is 23.7 Å². The minimum Gasteiger partial charge on any atom is -0.447 e. The van der Waals surface area contributed by atoms with Gasteiger partial charge in [0.15, 0.2) is 5.60 Å². The van der Waals surface area contributed by atoms with Crippen LogP contribution in [-0.4, -0.2) is 28.2 Å². The molecule has 132 valence electrons. The molecule has 0 saturated carbocycles. The highest BCUT2D eigenvalue weighted by atomic mass is 16.6. The van der Waals surface area contributed by atoms with E-state index in [9.17, 15) is 14.7 Å². The molecule has 1 aromatic carbocycles. The molecule has 0 bridgehead atoms. The number of carbonyl (C=O) groups is 2. The Balaban J connectivity index is 3.30. The normalized spacial score (nSPS) is 10.7. The minimum absolute atomic E-state index is 0.285. The van der Waals surface area contributed by atoms with Crippen molar-refractivity contribution < 1.29 is 24.2 Å². The predicted octanol–water partition coefficient (Wildman–Crippen LogP) is 2.43. The van der Waals surface area contributed by atoms with Crippen molar-refractivity contribution in [3.63, 3.8) is 0 Å². The van der Waals surface area contributed by atoms with Crippen LogP contribution in [0.2, 0.25) is 0 Å². The fraction of sp³-hybridized carbons (Fsp3) is 0.400. The van der Waals surface area contributed by atoms with Crippen molar-refractivity contribution in [2.75, 3.05) is 0 Å². The molecule has 5 heteroatoms. The van der Waals surface area contributed by atoms with Crippen LogP contribution in [0.15, 0.2) is 18.2 Å². The van der Waals surface area contributed by atoms with E-state index in [-0.39, 0.29) is 5.75 Å². The van der Waals surface area contributed by atoms with E-state index in [1.54, 1.807) is 45.9 Å². The number of hydrogen-bond acceptors (Lipinski definition) is 5. The summed E-state index contributed by atoms with van der Waals surface area (Å²) < 4.78 is 10.3. The van der Waals surface area contributed by atoms with Crippen molar-refractivity contribution in [2.45, 2.75) is 52.7 Å². The first kappa shape index (κ1) is 20.3. The number of rotatable bonds is 2. The van der Waals surface area contributed by atoms with Gasteiger partial charge in [0.25, 0.3) is 0 Å². The second-order valence-electron chi connectivity index (χ2n) is 6.47. The maximum absolute atomic E-state index is 11.3. The molecule has 1 N–H and O–H groups in total. The molecule has 0 fully saturated rings. The molecule has 0 aromatic heterocycles. The first-order valence-corrected chi connectivity index (χ1v) is 7.69. The maximum atomic E-state index is 11.3. The van der Waals surface area contributed by atoms with Crippen LogP contribution >= 0.6 is 0 Å². The molecule has 5 nitrogen and oxygen atoms in total. The lowest BCUT2D eigenvalue weighted by atomic mass is 10.1. The van der Waals surface area contributed by atoms with Gasteiger partial charge in [0.2, 0.25) is 0 Å². The molecule has 0 aliphatic carbocycles. The van der Waals surface area contributed by atoms with Gasteiger partial charge in [-0.3, -0.25) is 9.59 Å². The van der Waals surface area contributed by atoms with Gasteiger partial charge < -0.3 is 14.6 Å². The monoisotopic (exact) mass is 342 g/mol. The van der Waals surface area contributed by atoms with E-state index in [0.717, 1.165) is 0 Å². The fourth-order valence-electron chi connectivity index (χ4n) is 1.78. The van der Waals surface area contributed by atoms with Crippen LogP contribution in [0.25, 0.3) is 0 Å². The van der Waals surface area contributed by atoms with Gasteiger partial charge in [0.1, 0.15) is 11.4 Å². The summed E-state index contributed by atoms with van der Waals surface area (Å²) in [5, 5.41) is 9.70. The summed E-state index contributed by atoms with van der Waals surface area (Å²) in [6, 6.07) is 4.89. The number of benzene rings is 1. The molecule has 0 spiro atoms. The molecule has 0 aliphatic heterocycles. The average molecular weight is 342 g/mol. The van der Waals surface area contributed by atoms with Gasteiger partial charge in [-0.1, -0.05) is 23.7 Å². The third kappa shape index (κ3) is 8.06. The first-order valence-electron chi connectivity index (χ1n) is 7.69. The zero-order valence-corrected chi connectivity index (χ0v) is 15.3. The van der Waals surface area contributed by atoms with Gasteiger partial charge in [-0.2, -0.15) is 0 Å². The summed E-state index contributed by atoms with van der Waals surface area (Å²) in [5.74, 6) is 10.6. The Labute approximate surface area is 148 Å². The Morgan fingerprint density at radius 2 is 1.64 bits per heavy atom. The van der Waals surface area contributed by atoms with Crippen LogP contribution in [-0.2, 0) is 14.3 Å². The van der Waals surface area contributed by atoms with Gasteiger partial charge >= 0.3 is 11.9 Å². The third-order valence-corrected chi connectivity index (χ3v) is 2.64. The van der Waals surface area contributed by atoms with Crippen molar-refractivity contribution in [1.82, 2.24) is 0 Å². The Morgan fingerprint density at radius 1 is 1.00 bits per heavy atom. The second-order valence-corrected chi connectivity index (χ2v) is 6.47. The van der Waals surface area contributed by atoms with Crippen molar-refractivity contribution in [3.8, 4) is 29.4 Å². The molecule has 0 atom stereocenters. The van der Waals surface area contributed by atoms with E-state index in [0.29, 0.717) is 11.1 Å². The highest BCUT2D eigenvalue weighted by Crippen LogP contribution is 2.20. The molecule has 0 radical (unpaired) electrons. The number of ether oxygens (including phenoxy) is 2. The van der Waals surface area contributed by atoms with Crippen LogP contribution in [0.1, 0.15) is 52.7 Å². The van der Waals surface area contributed by atoms with Gasteiger partial charge in [-0.25, -0.2) is 0 Å². The quantitative estimate of drug-likeness (QED) is 0.508. The first-order chi connectivity index (χ1) is 11.4. The molecule has 0 aliphatic rings. The fourth-order valence-corrected chi connectivity index (χ4v) is 1.78. The molecule has 1 rings (SSSR count). The van der Waals surface area contributed by atoms with Crippen molar-refractivity contribution in [2.24, 2.45) is 0 Å². The van der Waals surface area contributed by atoms with Gasteiger partial charge in [0.05, 0.1) is 5.56 Å². The van der Waals surface area contributed by atoms with Crippen molar-refractivity contribution in [1.29, 1.82) is 0 Å². The van der Waals surface area contributed by atoms with Gasteiger partial charge in [-0.15, -0.1) is 0 Å². The minimum atomic E-state index is -1.13. The van der Waals surface area contributed by atoms with Crippen molar-refractivity contribution in [3.05, 3.63) is 29.3 Å². The molecule has 0 unspecified atom stereocenters. The van der Waals surface area contributed by atoms with Crippen LogP contribution < -0.4 is 4.74 Å². The van der Waals surface area contributed by atoms with Crippen LogP contribution in [0.4, 0.5) is 0 Å². The maximum Gasteiger partial charge on any atom is 0.308 e. The summed E-state index contributed by atoms with van der Waals surface area (Å²) in [6.45, 7) is 9.07. The second kappa shape index (κ2) is 7.88. The van der Waals surface area contributed by atoms with Gasteiger partial charge in [-0.05, 0) is 45.9 Å². The zero-order chi connectivity index (χ0) is 19.3. The third-order valence-electron chi connectivity index (χ3n) is 2.64. The highest BCUT2D eigenvalue weighted by Gasteiger charge is 2.17.